The molecule has 3 aromatic rings. The van der Waals surface area contributed by atoms with E-state index in [1.807, 2.05) is 36.1 Å². The molecule has 2 heterocycles. The van der Waals surface area contributed by atoms with Crippen LogP contribution in [0.15, 0.2) is 52.9 Å². The molecule has 0 aliphatic carbocycles. The summed E-state index contributed by atoms with van der Waals surface area (Å²) in [6, 6.07) is 16.5. The quantitative estimate of drug-likeness (QED) is 0.689. The number of carbonyl (C=O) groups is 1. The maximum atomic E-state index is 13.2. The minimum Gasteiger partial charge on any atom is -0.461 e. The predicted molar refractivity (Wildman–Crippen MR) is 105 cm³/mol. The number of anilines is 1. The molecule has 1 aromatic heterocycles. The van der Waals surface area contributed by atoms with Crippen LogP contribution in [0.1, 0.15) is 28.6 Å². The van der Waals surface area contributed by atoms with Crippen molar-refractivity contribution in [3.63, 3.8) is 0 Å². The number of carbonyl (C=O) groups excluding carboxylic acids is 1. The van der Waals surface area contributed by atoms with E-state index in [0.29, 0.717) is 17.7 Å². The number of hydrogen-bond acceptors (Lipinski definition) is 3. The van der Waals surface area contributed by atoms with Crippen LogP contribution < -0.4 is 4.90 Å². The van der Waals surface area contributed by atoms with Crippen LogP contribution in [-0.4, -0.2) is 36.5 Å². The molecule has 4 rings (SSSR count). The van der Waals surface area contributed by atoms with Gasteiger partial charge >= 0.3 is 0 Å². The standard InChI is InChI=1S/C22H24N2O2/c1-15-7-9-19(10-8-15)23-11-12-24(16(2)14-23)22(25)20-6-4-5-18-13-17(3)26-21(18)20/h4-10,13,16H,11-12,14H2,1-3H3/t16-/m0/s1. The minimum absolute atomic E-state index is 0.0565. The van der Waals surface area contributed by atoms with Gasteiger partial charge in [0, 0.05) is 36.7 Å². The van der Waals surface area contributed by atoms with Crippen LogP contribution in [0.3, 0.4) is 0 Å². The molecule has 0 radical (unpaired) electrons. The van der Waals surface area contributed by atoms with Gasteiger partial charge < -0.3 is 14.2 Å². The molecule has 2 aromatic carbocycles. The van der Waals surface area contributed by atoms with Crippen LogP contribution in [0.2, 0.25) is 0 Å². The lowest BCUT2D eigenvalue weighted by atomic mass is 10.1. The Morgan fingerprint density at radius 1 is 1.08 bits per heavy atom. The van der Waals surface area contributed by atoms with Crippen molar-refractivity contribution in [2.24, 2.45) is 0 Å². The molecule has 1 atom stereocenters. The van der Waals surface area contributed by atoms with Gasteiger partial charge in [-0.1, -0.05) is 29.8 Å². The van der Waals surface area contributed by atoms with Crippen molar-refractivity contribution in [1.82, 2.24) is 4.90 Å². The lowest BCUT2D eigenvalue weighted by Gasteiger charge is -2.41. The highest BCUT2D eigenvalue weighted by molar-refractivity contribution is 6.05. The summed E-state index contributed by atoms with van der Waals surface area (Å²) in [7, 11) is 0. The Hall–Kier alpha value is -2.75. The van der Waals surface area contributed by atoms with E-state index in [4.69, 9.17) is 4.42 Å². The second-order valence-electron chi connectivity index (χ2n) is 7.21. The number of rotatable bonds is 2. The van der Waals surface area contributed by atoms with Crippen LogP contribution in [0, 0.1) is 13.8 Å². The third-order valence-electron chi connectivity index (χ3n) is 5.19. The fourth-order valence-electron chi connectivity index (χ4n) is 3.76. The molecule has 0 unspecified atom stereocenters. The van der Waals surface area contributed by atoms with Crippen LogP contribution in [0.25, 0.3) is 11.0 Å². The lowest BCUT2D eigenvalue weighted by molar-refractivity contribution is 0.0675. The van der Waals surface area contributed by atoms with Crippen LogP contribution >= 0.6 is 0 Å². The Morgan fingerprint density at radius 2 is 1.85 bits per heavy atom. The normalized spacial score (nSPS) is 17.7. The summed E-state index contributed by atoms with van der Waals surface area (Å²) in [5, 5.41) is 0.985. The number of fused-ring (bicyclic) bond motifs is 1. The molecule has 4 heteroatoms. The molecule has 1 amide bonds. The summed E-state index contributed by atoms with van der Waals surface area (Å²) in [4.78, 5) is 17.5. The van der Waals surface area contributed by atoms with E-state index in [1.54, 1.807) is 0 Å². The highest BCUT2D eigenvalue weighted by Crippen LogP contribution is 2.26. The van der Waals surface area contributed by atoms with Crippen molar-refractivity contribution in [3.05, 3.63) is 65.4 Å². The summed E-state index contributed by atoms with van der Waals surface area (Å²) < 4.78 is 5.79. The van der Waals surface area contributed by atoms with E-state index in [0.717, 1.165) is 24.2 Å². The van der Waals surface area contributed by atoms with Crippen molar-refractivity contribution in [2.45, 2.75) is 26.8 Å². The van der Waals surface area contributed by atoms with Gasteiger partial charge in [-0.05, 0) is 45.0 Å². The van der Waals surface area contributed by atoms with Crippen molar-refractivity contribution >= 4 is 22.6 Å². The summed E-state index contributed by atoms with van der Waals surface area (Å²) in [6.45, 7) is 8.52. The monoisotopic (exact) mass is 348 g/mol. The minimum atomic E-state index is 0.0565. The van der Waals surface area contributed by atoms with E-state index >= 15 is 0 Å². The number of nitrogens with zero attached hydrogens (tertiary/aromatic N) is 2. The number of hydrogen-bond donors (Lipinski definition) is 0. The molecule has 1 saturated heterocycles. The molecule has 0 saturated carbocycles. The van der Waals surface area contributed by atoms with Gasteiger partial charge in [0.05, 0.1) is 5.56 Å². The second-order valence-corrected chi connectivity index (χ2v) is 7.21. The van der Waals surface area contributed by atoms with Gasteiger partial charge in [0.1, 0.15) is 11.3 Å². The van der Waals surface area contributed by atoms with E-state index in [9.17, 15) is 4.79 Å². The lowest BCUT2D eigenvalue weighted by Crippen LogP contribution is -2.54. The van der Waals surface area contributed by atoms with Crippen molar-refractivity contribution in [3.8, 4) is 0 Å². The number of piperazine rings is 1. The van der Waals surface area contributed by atoms with Gasteiger partial charge in [-0.3, -0.25) is 4.79 Å². The molecule has 0 spiro atoms. The SMILES string of the molecule is Cc1ccc(N2CCN(C(=O)c3cccc4cc(C)oc34)[C@@H](C)C2)cc1. The first kappa shape index (κ1) is 16.7. The zero-order valence-electron chi connectivity index (χ0n) is 15.5. The molecular formula is C22H24N2O2. The average Bonchev–Trinajstić information content (AvgIpc) is 3.02. The maximum Gasteiger partial charge on any atom is 0.258 e. The van der Waals surface area contributed by atoms with Crippen molar-refractivity contribution < 1.29 is 9.21 Å². The molecule has 1 aliphatic rings. The van der Waals surface area contributed by atoms with Crippen molar-refractivity contribution in [1.29, 1.82) is 0 Å². The fraction of sp³-hybridized carbons (Fsp3) is 0.318. The van der Waals surface area contributed by atoms with E-state index in [1.165, 1.54) is 11.3 Å². The van der Waals surface area contributed by atoms with E-state index < -0.39 is 0 Å². The molecule has 0 bridgehead atoms. The largest absolute Gasteiger partial charge is 0.461 e. The van der Waals surface area contributed by atoms with Gasteiger partial charge in [-0.25, -0.2) is 0 Å². The summed E-state index contributed by atoms with van der Waals surface area (Å²) >= 11 is 0. The third-order valence-corrected chi connectivity index (χ3v) is 5.19. The summed E-state index contributed by atoms with van der Waals surface area (Å²) in [6.07, 6.45) is 0. The highest BCUT2D eigenvalue weighted by atomic mass is 16.3. The summed E-state index contributed by atoms with van der Waals surface area (Å²) in [5.41, 5.74) is 3.84. The Morgan fingerprint density at radius 3 is 2.58 bits per heavy atom. The zero-order valence-corrected chi connectivity index (χ0v) is 15.5. The molecule has 134 valence electrons. The average molecular weight is 348 g/mol. The first-order valence-corrected chi connectivity index (χ1v) is 9.14. The Balaban J connectivity index is 1.55. The van der Waals surface area contributed by atoms with Crippen LogP contribution in [-0.2, 0) is 0 Å². The van der Waals surface area contributed by atoms with Crippen LogP contribution in [0.5, 0.6) is 0 Å². The highest BCUT2D eigenvalue weighted by Gasteiger charge is 2.29. The number of aryl methyl sites for hydroxylation is 2. The van der Waals surface area contributed by atoms with E-state index in [2.05, 4.69) is 43.0 Å². The van der Waals surface area contributed by atoms with Crippen molar-refractivity contribution in [2.75, 3.05) is 24.5 Å². The Kier molecular flexibility index (Phi) is 4.19. The zero-order chi connectivity index (χ0) is 18.3. The van der Waals surface area contributed by atoms with Crippen LogP contribution in [0.4, 0.5) is 5.69 Å². The molecule has 0 N–H and O–H groups in total. The second kappa shape index (κ2) is 6.52. The third kappa shape index (κ3) is 2.96. The molecule has 4 nitrogen and oxygen atoms in total. The Labute approximate surface area is 154 Å². The first-order valence-electron chi connectivity index (χ1n) is 9.14. The molecular weight excluding hydrogens is 324 g/mol. The first-order chi connectivity index (χ1) is 12.5. The molecule has 1 aliphatic heterocycles. The van der Waals surface area contributed by atoms with Gasteiger partial charge in [0.25, 0.3) is 5.91 Å². The predicted octanol–water partition coefficient (Wildman–Crippen LogP) is 4.40. The van der Waals surface area contributed by atoms with E-state index in [-0.39, 0.29) is 11.9 Å². The number of para-hydroxylation sites is 1. The molecule has 26 heavy (non-hydrogen) atoms. The van der Waals surface area contributed by atoms with Gasteiger partial charge in [-0.15, -0.1) is 0 Å². The number of furan rings is 1. The maximum absolute atomic E-state index is 13.2. The Bertz CT molecular complexity index is 942. The smallest absolute Gasteiger partial charge is 0.258 e. The van der Waals surface area contributed by atoms with Gasteiger partial charge in [0.15, 0.2) is 0 Å². The molecule has 1 fully saturated rings. The topological polar surface area (TPSA) is 36.7 Å². The fourth-order valence-corrected chi connectivity index (χ4v) is 3.76. The van der Waals surface area contributed by atoms with Gasteiger partial charge in [0.2, 0.25) is 0 Å². The summed E-state index contributed by atoms with van der Waals surface area (Å²) in [5.74, 6) is 0.887. The number of amides is 1. The number of benzene rings is 2. The van der Waals surface area contributed by atoms with Gasteiger partial charge in [-0.2, -0.15) is 0 Å².